The molecule has 0 aromatic carbocycles. The summed E-state index contributed by atoms with van der Waals surface area (Å²) in [6, 6.07) is 0.791. The second-order valence-corrected chi connectivity index (χ2v) is 6.20. The van der Waals surface area contributed by atoms with Crippen molar-refractivity contribution in [3.63, 3.8) is 0 Å². The average molecular weight is 253 g/mol. The first-order valence-electron chi connectivity index (χ1n) is 6.33. The highest BCUT2D eigenvalue weighted by atomic mass is 32.1. The first-order chi connectivity index (χ1) is 8.31. The Balaban J connectivity index is 1.59. The Bertz CT molecular complexity index is 372. The van der Waals surface area contributed by atoms with Gasteiger partial charge < -0.3 is 10.5 Å². The number of nitrogen functional groups attached to an aromatic ring is 1. The molecule has 1 aliphatic carbocycles. The number of thiazole rings is 1. The van der Waals surface area contributed by atoms with E-state index in [1.165, 1.54) is 30.7 Å². The standard InChI is InChI=1S/C12H19N3OS/c13-12-14-5-11(17-12)7-15(10-1-2-10)6-9-3-4-16-8-9/h5,9-10H,1-4,6-8H2,(H2,13,14). The summed E-state index contributed by atoms with van der Waals surface area (Å²) in [7, 11) is 0. The molecule has 1 unspecified atom stereocenters. The number of hydrogen-bond acceptors (Lipinski definition) is 5. The minimum absolute atomic E-state index is 0.681. The molecule has 1 saturated heterocycles. The van der Waals surface area contributed by atoms with Gasteiger partial charge in [-0.05, 0) is 25.2 Å². The second kappa shape index (κ2) is 4.92. The Labute approximate surface area is 106 Å². The van der Waals surface area contributed by atoms with E-state index in [2.05, 4.69) is 9.88 Å². The fraction of sp³-hybridized carbons (Fsp3) is 0.750. The van der Waals surface area contributed by atoms with Gasteiger partial charge in [-0.25, -0.2) is 4.98 Å². The molecule has 2 N–H and O–H groups in total. The summed E-state index contributed by atoms with van der Waals surface area (Å²) in [4.78, 5) is 8.00. The van der Waals surface area contributed by atoms with Crippen molar-refractivity contribution in [2.75, 3.05) is 25.5 Å². The van der Waals surface area contributed by atoms with Crippen LogP contribution in [0.4, 0.5) is 5.13 Å². The Kier molecular flexibility index (Phi) is 3.31. The molecule has 1 atom stereocenters. The number of rotatable bonds is 5. The SMILES string of the molecule is Nc1ncc(CN(CC2CCOC2)C2CC2)s1. The highest BCUT2D eigenvalue weighted by molar-refractivity contribution is 7.15. The molecule has 5 heteroatoms. The summed E-state index contributed by atoms with van der Waals surface area (Å²) in [5.74, 6) is 0.723. The van der Waals surface area contributed by atoms with Crippen molar-refractivity contribution in [2.24, 2.45) is 5.92 Å². The predicted molar refractivity (Wildman–Crippen MR) is 68.9 cm³/mol. The number of ether oxygens (including phenoxy) is 1. The molecule has 1 aromatic rings. The Morgan fingerprint density at radius 2 is 2.35 bits per heavy atom. The van der Waals surface area contributed by atoms with Crippen LogP contribution in [0.25, 0.3) is 0 Å². The quantitative estimate of drug-likeness (QED) is 0.868. The van der Waals surface area contributed by atoms with Gasteiger partial charge in [-0.3, -0.25) is 4.90 Å². The minimum Gasteiger partial charge on any atom is -0.381 e. The average Bonchev–Trinajstić information content (AvgIpc) is 2.89. The third-order valence-corrected chi connectivity index (χ3v) is 4.32. The van der Waals surface area contributed by atoms with Crippen LogP contribution in [0.2, 0.25) is 0 Å². The zero-order chi connectivity index (χ0) is 11.7. The Morgan fingerprint density at radius 3 is 2.94 bits per heavy atom. The van der Waals surface area contributed by atoms with Crippen LogP contribution in [0.1, 0.15) is 24.1 Å². The van der Waals surface area contributed by atoms with Gasteiger partial charge in [-0.2, -0.15) is 0 Å². The van der Waals surface area contributed by atoms with Crippen LogP contribution in [-0.4, -0.2) is 35.7 Å². The molecule has 94 valence electrons. The van der Waals surface area contributed by atoms with E-state index in [1.54, 1.807) is 11.3 Å². The highest BCUT2D eigenvalue weighted by Gasteiger charge is 2.31. The summed E-state index contributed by atoms with van der Waals surface area (Å²) in [6.07, 6.45) is 5.83. The molecule has 4 nitrogen and oxygen atoms in total. The van der Waals surface area contributed by atoms with E-state index in [0.29, 0.717) is 5.13 Å². The van der Waals surface area contributed by atoms with Gasteiger partial charge in [0.05, 0.1) is 6.61 Å². The van der Waals surface area contributed by atoms with E-state index in [4.69, 9.17) is 10.5 Å². The molecular weight excluding hydrogens is 234 g/mol. The van der Waals surface area contributed by atoms with Crippen molar-refractivity contribution in [3.8, 4) is 0 Å². The largest absolute Gasteiger partial charge is 0.381 e. The van der Waals surface area contributed by atoms with E-state index in [9.17, 15) is 0 Å². The van der Waals surface area contributed by atoms with Crippen LogP contribution in [0.15, 0.2) is 6.20 Å². The zero-order valence-electron chi connectivity index (χ0n) is 9.97. The molecule has 3 rings (SSSR count). The van der Waals surface area contributed by atoms with E-state index in [1.807, 2.05) is 6.20 Å². The maximum Gasteiger partial charge on any atom is 0.180 e. The van der Waals surface area contributed by atoms with Gasteiger partial charge in [0.25, 0.3) is 0 Å². The number of nitrogens with two attached hydrogens (primary N) is 1. The van der Waals surface area contributed by atoms with Crippen LogP contribution in [0.5, 0.6) is 0 Å². The fourth-order valence-electron chi connectivity index (χ4n) is 2.44. The number of nitrogens with zero attached hydrogens (tertiary/aromatic N) is 2. The van der Waals surface area contributed by atoms with Crippen LogP contribution in [0, 0.1) is 5.92 Å². The van der Waals surface area contributed by atoms with Crippen molar-refractivity contribution < 1.29 is 4.74 Å². The lowest BCUT2D eigenvalue weighted by atomic mass is 10.1. The molecule has 2 fully saturated rings. The lowest BCUT2D eigenvalue weighted by molar-refractivity contribution is 0.162. The summed E-state index contributed by atoms with van der Waals surface area (Å²) in [6.45, 7) is 4.06. The lowest BCUT2D eigenvalue weighted by Crippen LogP contribution is -2.31. The molecular formula is C12H19N3OS. The maximum absolute atomic E-state index is 5.68. The molecule has 0 spiro atoms. The van der Waals surface area contributed by atoms with Gasteiger partial charge in [0, 0.05) is 36.8 Å². The molecule has 17 heavy (non-hydrogen) atoms. The first kappa shape index (κ1) is 11.4. The van der Waals surface area contributed by atoms with Gasteiger partial charge in [0.2, 0.25) is 0 Å². The van der Waals surface area contributed by atoms with E-state index < -0.39 is 0 Å². The molecule has 1 aliphatic heterocycles. The first-order valence-corrected chi connectivity index (χ1v) is 7.15. The van der Waals surface area contributed by atoms with Gasteiger partial charge in [-0.15, -0.1) is 11.3 Å². The van der Waals surface area contributed by atoms with Crippen LogP contribution in [0.3, 0.4) is 0 Å². The van der Waals surface area contributed by atoms with Crippen LogP contribution < -0.4 is 5.73 Å². The molecule has 0 bridgehead atoms. The third kappa shape index (κ3) is 2.97. The van der Waals surface area contributed by atoms with Crippen molar-refractivity contribution in [1.82, 2.24) is 9.88 Å². The molecule has 2 aliphatic rings. The van der Waals surface area contributed by atoms with E-state index in [0.717, 1.165) is 31.7 Å². The lowest BCUT2D eigenvalue weighted by Gasteiger charge is -2.23. The van der Waals surface area contributed by atoms with Crippen molar-refractivity contribution in [1.29, 1.82) is 0 Å². The van der Waals surface area contributed by atoms with Gasteiger partial charge in [0.15, 0.2) is 5.13 Å². The van der Waals surface area contributed by atoms with E-state index >= 15 is 0 Å². The fourth-order valence-corrected chi connectivity index (χ4v) is 3.15. The van der Waals surface area contributed by atoms with Gasteiger partial charge >= 0.3 is 0 Å². The maximum atomic E-state index is 5.68. The molecule has 2 heterocycles. The number of hydrogen-bond donors (Lipinski definition) is 1. The number of anilines is 1. The summed E-state index contributed by atoms with van der Waals surface area (Å²) < 4.78 is 5.46. The zero-order valence-corrected chi connectivity index (χ0v) is 10.8. The predicted octanol–water partition coefficient (Wildman–Crippen LogP) is 1.73. The van der Waals surface area contributed by atoms with Crippen molar-refractivity contribution in [3.05, 3.63) is 11.1 Å². The van der Waals surface area contributed by atoms with Gasteiger partial charge in [-0.1, -0.05) is 0 Å². The minimum atomic E-state index is 0.681. The van der Waals surface area contributed by atoms with Crippen molar-refractivity contribution in [2.45, 2.75) is 31.8 Å². The monoisotopic (exact) mass is 253 g/mol. The summed E-state index contributed by atoms with van der Waals surface area (Å²) >= 11 is 1.61. The van der Waals surface area contributed by atoms with Crippen molar-refractivity contribution >= 4 is 16.5 Å². The van der Waals surface area contributed by atoms with E-state index in [-0.39, 0.29) is 0 Å². The highest BCUT2D eigenvalue weighted by Crippen LogP contribution is 2.31. The van der Waals surface area contributed by atoms with Gasteiger partial charge in [0.1, 0.15) is 0 Å². The third-order valence-electron chi connectivity index (χ3n) is 3.51. The molecule has 1 aromatic heterocycles. The Morgan fingerprint density at radius 1 is 1.47 bits per heavy atom. The Hall–Kier alpha value is -0.650. The van der Waals surface area contributed by atoms with Crippen LogP contribution >= 0.6 is 11.3 Å². The number of aromatic nitrogens is 1. The smallest absolute Gasteiger partial charge is 0.180 e. The molecule has 0 radical (unpaired) electrons. The summed E-state index contributed by atoms with van der Waals surface area (Å²) in [5.41, 5.74) is 5.68. The molecule has 1 saturated carbocycles. The normalized spacial score (nSPS) is 24.6. The summed E-state index contributed by atoms with van der Waals surface area (Å²) in [5, 5.41) is 0.681. The van der Waals surface area contributed by atoms with Crippen LogP contribution in [-0.2, 0) is 11.3 Å². The second-order valence-electron chi connectivity index (χ2n) is 5.06. The topological polar surface area (TPSA) is 51.4 Å². The molecule has 0 amide bonds.